The number of allylic oxidation sites excluding steroid dienone is 1. The number of halogens is 3. The van der Waals surface area contributed by atoms with Crippen molar-refractivity contribution in [2.24, 2.45) is 27.7 Å². The smallest absolute Gasteiger partial charge is 0.150 e. The molecule has 4 aliphatic carbocycles. The first-order valence-electron chi connectivity index (χ1n) is 7.78. The van der Waals surface area contributed by atoms with Gasteiger partial charge in [0.1, 0.15) is 28.0 Å². The maximum Gasteiger partial charge on any atom is 0.150 e. The van der Waals surface area contributed by atoms with Crippen LogP contribution in [0, 0.1) is 29.1 Å². The summed E-state index contributed by atoms with van der Waals surface area (Å²) >= 11 is 18.6. The highest BCUT2D eigenvalue weighted by molar-refractivity contribution is 6.72. The van der Waals surface area contributed by atoms with Crippen molar-refractivity contribution in [3.63, 3.8) is 0 Å². The van der Waals surface area contributed by atoms with E-state index in [9.17, 15) is 0 Å². The van der Waals surface area contributed by atoms with Gasteiger partial charge in [-0.3, -0.25) is 4.99 Å². The van der Waals surface area contributed by atoms with Crippen LogP contribution in [0.5, 0.6) is 0 Å². The Morgan fingerprint density at radius 1 is 1.09 bits per heavy atom. The number of hydrogen-bond acceptors (Lipinski definition) is 2. The van der Waals surface area contributed by atoms with E-state index in [-0.39, 0.29) is 21.3 Å². The Hall–Kier alpha value is -0.560. The summed E-state index contributed by atoms with van der Waals surface area (Å²) in [5.74, 6) is 2.88. The quantitative estimate of drug-likeness (QED) is 0.632. The molecule has 5 rings (SSSR count). The lowest BCUT2D eigenvalue weighted by Gasteiger charge is -2.55. The fraction of sp³-hybridized carbons (Fsp3) is 0.688. The van der Waals surface area contributed by atoms with Crippen LogP contribution in [0.25, 0.3) is 0 Å². The molecule has 0 spiro atoms. The molecule has 1 aliphatic heterocycles. The highest BCUT2D eigenvalue weighted by Gasteiger charge is 2.51. The summed E-state index contributed by atoms with van der Waals surface area (Å²) in [7, 11) is 0. The Labute approximate surface area is 145 Å². The zero-order valence-electron chi connectivity index (χ0n) is 12.0. The standard InChI is InChI=1S/C16H16Cl3N3/c17-12-11(7-20)14(19)21-15(13(12)18)22-16-4-8-1-9(5-16)3-10(2-8)6-16/h8-10,13H,1-6H2. The molecular weight excluding hydrogens is 341 g/mol. The van der Waals surface area contributed by atoms with E-state index < -0.39 is 5.38 Å². The SMILES string of the molecule is N#CC1=C(Cl)C(Cl)C(=NC23CC4CC(CC(C4)C2)C3)N=C1Cl. The molecular formula is C16H16Cl3N3. The maximum absolute atomic E-state index is 9.08. The molecule has 4 fully saturated rings. The zero-order valence-corrected chi connectivity index (χ0v) is 14.3. The predicted molar refractivity (Wildman–Crippen MR) is 89.8 cm³/mol. The molecule has 5 aliphatic rings. The van der Waals surface area contributed by atoms with E-state index in [1.807, 2.05) is 6.07 Å². The number of alkyl halides is 1. The van der Waals surface area contributed by atoms with Crippen LogP contribution in [-0.2, 0) is 0 Å². The van der Waals surface area contributed by atoms with Crippen molar-refractivity contribution in [1.82, 2.24) is 0 Å². The summed E-state index contributed by atoms with van der Waals surface area (Å²) in [5.41, 5.74) is 0.131. The van der Waals surface area contributed by atoms with Crippen molar-refractivity contribution in [2.75, 3.05) is 0 Å². The lowest BCUT2D eigenvalue weighted by atomic mass is 9.53. The molecule has 0 radical (unpaired) electrons. The van der Waals surface area contributed by atoms with E-state index in [1.165, 1.54) is 19.3 Å². The van der Waals surface area contributed by atoms with Gasteiger partial charge in [-0.05, 0) is 56.3 Å². The second-order valence-corrected chi connectivity index (χ2v) is 8.41. The van der Waals surface area contributed by atoms with Gasteiger partial charge in [-0.2, -0.15) is 5.26 Å². The van der Waals surface area contributed by atoms with Crippen LogP contribution in [-0.4, -0.2) is 21.9 Å². The first-order chi connectivity index (χ1) is 10.5. The number of rotatable bonds is 1. The van der Waals surface area contributed by atoms with Crippen LogP contribution in [0.2, 0.25) is 0 Å². The number of dihydropyridines is 1. The third-order valence-corrected chi connectivity index (χ3v) is 6.78. The van der Waals surface area contributed by atoms with E-state index in [2.05, 4.69) is 4.99 Å². The van der Waals surface area contributed by atoms with Crippen LogP contribution in [0.4, 0.5) is 0 Å². The van der Waals surface area contributed by atoms with Gasteiger partial charge in [0.25, 0.3) is 0 Å². The van der Waals surface area contributed by atoms with Gasteiger partial charge in [0.2, 0.25) is 0 Å². The third-order valence-electron chi connectivity index (χ3n) is 5.58. The molecule has 1 heterocycles. The van der Waals surface area contributed by atoms with Crippen LogP contribution >= 0.6 is 34.8 Å². The van der Waals surface area contributed by atoms with E-state index in [0.29, 0.717) is 5.84 Å². The van der Waals surface area contributed by atoms with E-state index in [0.717, 1.165) is 37.0 Å². The van der Waals surface area contributed by atoms with Gasteiger partial charge in [0, 0.05) is 0 Å². The van der Waals surface area contributed by atoms with E-state index >= 15 is 0 Å². The lowest BCUT2D eigenvalue weighted by Crippen LogP contribution is -2.50. The van der Waals surface area contributed by atoms with Gasteiger partial charge < -0.3 is 0 Å². The minimum atomic E-state index is -0.660. The lowest BCUT2D eigenvalue weighted by molar-refractivity contribution is 0.00158. The third kappa shape index (κ3) is 2.31. The zero-order chi connectivity index (χ0) is 15.5. The summed E-state index contributed by atoms with van der Waals surface area (Å²) < 4.78 is 0. The van der Waals surface area contributed by atoms with Gasteiger partial charge >= 0.3 is 0 Å². The van der Waals surface area contributed by atoms with Crippen molar-refractivity contribution >= 4 is 45.8 Å². The van der Waals surface area contributed by atoms with Gasteiger partial charge in [-0.1, -0.05) is 23.2 Å². The summed E-state index contributed by atoms with van der Waals surface area (Å²) in [5, 5.41) is 8.77. The molecule has 0 aromatic heterocycles. The Kier molecular flexibility index (Phi) is 3.56. The predicted octanol–water partition coefficient (Wildman–Crippen LogP) is 4.63. The average Bonchev–Trinajstić information content (AvgIpc) is 2.43. The number of amidine groups is 1. The van der Waals surface area contributed by atoms with Gasteiger partial charge in [0.15, 0.2) is 0 Å². The van der Waals surface area contributed by atoms with Crippen LogP contribution in [0.3, 0.4) is 0 Å². The second kappa shape index (κ2) is 5.23. The first kappa shape index (κ1) is 15.0. The Bertz CT molecular complexity index is 621. The van der Waals surface area contributed by atoms with E-state index in [1.54, 1.807) is 0 Å². The monoisotopic (exact) mass is 355 g/mol. The minimum absolute atomic E-state index is 0.0286. The topological polar surface area (TPSA) is 48.5 Å². The van der Waals surface area contributed by atoms with Crippen molar-refractivity contribution in [2.45, 2.75) is 49.4 Å². The Morgan fingerprint density at radius 2 is 1.64 bits per heavy atom. The van der Waals surface area contributed by atoms with Crippen molar-refractivity contribution < 1.29 is 0 Å². The molecule has 0 aromatic carbocycles. The van der Waals surface area contributed by atoms with Gasteiger partial charge in [0.05, 0.1) is 10.6 Å². The number of nitriles is 1. The maximum atomic E-state index is 9.08. The molecule has 1 atom stereocenters. The van der Waals surface area contributed by atoms with Crippen molar-refractivity contribution in [1.29, 1.82) is 5.26 Å². The highest BCUT2D eigenvalue weighted by Crippen LogP contribution is 2.57. The molecule has 4 bridgehead atoms. The fourth-order valence-electron chi connectivity index (χ4n) is 5.18. The molecule has 0 amide bonds. The number of nitrogens with zero attached hydrogens (tertiary/aromatic N) is 3. The van der Waals surface area contributed by atoms with E-state index in [4.69, 9.17) is 45.1 Å². The molecule has 0 saturated heterocycles. The Morgan fingerprint density at radius 3 is 2.14 bits per heavy atom. The molecule has 4 saturated carbocycles. The normalized spacial score (nSPS) is 45.2. The molecule has 22 heavy (non-hydrogen) atoms. The van der Waals surface area contributed by atoms with Crippen LogP contribution < -0.4 is 0 Å². The molecule has 0 N–H and O–H groups in total. The number of hydrogen-bond donors (Lipinski definition) is 0. The van der Waals surface area contributed by atoms with Crippen LogP contribution in [0.1, 0.15) is 38.5 Å². The molecule has 0 aromatic rings. The van der Waals surface area contributed by atoms with Crippen molar-refractivity contribution in [3.8, 4) is 6.07 Å². The highest BCUT2D eigenvalue weighted by atomic mass is 35.5. The fourth-order valence-corrected chi connectivity index (χ4v) is 5.89. The molecule has 6 heteroatoms. The van der Waals surface area contributed by atoms with Gasteiger partial charge in [-0.25, -0.2) is 4.99 Å². The summed E-state index contributed by atoms with van der Waals surface area (Å²) in [4.78, 5) is 9.24. The summed E-state index contributed by atoms with van der Waals surface area (Å²) in [6, 6.07) is 1.96. The second-order valence-electron chi connectivity index (χ2n) is 7.21. The average molecular weight is 357 g/mol. The first-order valence-corrected chi connectivity index (χ1v) is 8.97. The Balaban J connectivity index is 1.69. The minimum Gasteiger partial charge on any atom is -0.262 e. The van der Waals surface area contributed by atoms with Crippen molar-refractivity contribution in [3.05, 3.63) is 10.6 Å². The van der Waals surface area contributed by atoms with Gasteiger partial charge in [-0.15, -0.1) is 11.6 Å². The number of aliphatic imine (C=N–C) groups is 2. The molecule has 116 valence electrons. The molecule has 1 unspecified atom stereocenters. The summed E-state index contributed by atoms with van der Waals surface area (Å²) in [6.07, 6.45) is 7.47. The molecule has 3 nitrogen and oxygen atoms in total. The summed E-state index contributed by atoms with van der Waals surface area (Å²) in [6.45, 7) is 0. The largest absolute Gasteiger partial charge is 0.262 e. The van der Waals surface area contributed by atoms with Crippen LogP contribution in [0.15, 0.2) is 20.6 Å².